The lowest BCUT2D eigenvalue weighted by molar-refractivity contribution is -0.481. The Labute approximate surface area is 199 Å². The summed E-state index contributed by atoms with van der Waals surface area (Å²) in [5, 5.41) is 11.3. The summed E-state index contributed by atoms with van der Waals surface area (Å²) in [6, 6.07) is 0. The molecular weight excluding hydrogens is 438 g/mol. The first-order valence-electron chi connectivity index (χ1n) is 12.5. The van der Waals surface area contributed by atoms with Crippen LogP contribution in [0.2, 0.25) is 18.1 Å². The highest BCUT2D eigenvalue weighted by molar-refractivity contribution is 6.74. The smallest absolute Gasteiger partial charge is 0.204 e. The van der Waals surface area contributed by atoms with E-state index in [2.05, 4.69) is 40.8 Å². The molecule has 0 N–H and O–H groups in total. The van der Waals surface area contributed by atoms with Crippen molar-refractivity contribution in [1.29, 1.82) is 0 Å². The Hall–Kier alpha value is -1.12. The lowest BCUT2D eigenvalue weighted by Gasteiger charge is -2.53. The normalized spacial score (nSPS) is 38.5. The Balaban J connectivity index is 2.06. The molecule has 8 heteroatoms. The van der Waals surface area contributed by atoms with E-state index < -0.39 is 31.2 Å². The largest absolute Gasteiger partial charge is 0.416 e. The van der Waals surface area contributed by atoms with Crippen molar-refractivity contribution in [3.63, 3.8) is 0 Å². The first-order valence-corrected chi connectivity index (χ1v) is 15.4. The minimum absolute atomic E-state index is 0.0350. The standard InChI is InChI=1S/C25H43NO6Si/c1-22(2,3)33(7,8)31-16-17-10-9-12-24(6)14-20-19(15-27)23(4,5)18(11-13-26(29)30)21(28)25(17,24)32-20/h15,17-20H,9-14,16H2,1-8H3/t17-,18+,19?,20+,24+,25-/m1/s1. The SMILES string of the molecule is CC1(C)C(C=O)[C@@H]2C[C@]3(C)CCC[C@H](CO[Si](C)(C)C(C)(C)C)[C@@]3(O2)C(=O)[C@@H]1CC[N+](=O)[O-]. The van der Waals surface area contributed by atoms with Crippen molar-refractivity contribution in [2.75, 3.05) is 13.2 Å². The van der Waals surface area contributed by atoms with Gasteiger partial charge in [-0.1, -0.05) is 48.0 Å². The fourth-order valence-corrected chi connectivity index (χ4v) is 7.68. The quantitative estimate of drug-likeness (QED) is 0.218. The number of nitrogens with zero attached hydrogens (tertiary/aromatic N) is 1. The van der Waals surface area contributed by atoms with Gasteiger partial charge in [0.15, 0.2) is 14.1 Å². The number of Topliss-reactive ketones (excluding diaryl/α,β-unsaturated/α-hetero) is 1. The molecule has 0 aromatic rings. The summed E-state index contributed by atoms with van der Waals surface area (Å²) in [4.78, 5) is 37.7. The van der Waals surface area contributed by atoms with Crippen LogP contribution in [0.3, 0.4) is 0 Å². The van der Waals surface area contributed by atoms with Gasteiger partial charge in [-0.2, -0.15) is 0 Å². The zero-order valence-electron chi connectivity index (χ0n) is 21.7. The number of fused-ring (bicyclic) bond motifs is 1. The third-order valence-corrected chi connectivity index (χ3v) is 14.3. The van der Waals surface area contributed by atoms with Gasteiger partial charge in [0.25, 0.3) is 0 Å². The number of hydrogen-bond acceptors (Lipinski definition) is 6. The fraction of sp³-hybridized carbons (Fsp3) is 0.920. The number of carbonyl (C=O) groups is 2. The average molecular weight is 482 g/mol. The van der Waals surface area contributed by atoms with Crippen LogP contribution in [0.1, 0.15) is 73.6 Å². The molecule has 0 aromatic heterocycles. The molecule has 3 aliphatic rings. The lowest BCUT2D eigenvalue weighted by atomic mass is 9.51. The molecule has 188 valence electrons. The maximum absolute atomic E-state index is 14.5. The molecule has 1 spiro atoms. The first kappa shape index (κ1) is 26.5. The maximum atomic E-state index is 14.5. The van der Waals surface area contributed by atoms with Gasteiger partial charge < -0.3 is 14.0 Å². The van der Waals surface area contributed by atoms with Crippen LogP contribution in [0.15, 0.2) is 0 Å². The highest BCUT2D eigenvalue weighted by Gasteiger charge is 2.71. The molecule has 3 fully saturated rings. The van der Waals surface area contributed by atoms with E-state index in [0.717, 1.165) is 25.5 Å². The van der Waals surface area contributed by atoms with Crippen LogP contribution < -0.4 is 0 Å². The molecule has 0 radical (unpaired) electrons. The molecule has 7 nitrogen and oxygen atoms in total. The third-order valence-electron chi connectivity index (χ3n) is 9.78. The van der Waals surface area contributed by atoms with Gasteiger partial charge in [-0.05, 0) is 42.8 Å². The van der Waals surface area contributed by atoms with Gasteiger partial charge >= 0.3 is 0 Å². The number of ketones is 1. The number of nitro groups is 1. The second-order valence-corrected chi connectivity index (χ2v) is 17.9. The highest BCUT2D eigenvalue weighted by Crippen LogP contribution is 2.64. The predicted molar refractivity (Wildman–Crippen MR) is 129 cm³/mol. The van der Waals surface area contributed by atoms with Crippen molar-refractivity contribution in [3.05, 3.63) is 10.1 Å². The molecule has 1 aliphatic carbocycles. The zero-order chi connectivity index (χ0) is 25.0. The van der Waals surface area contributed by atoms with E-state index in [1.807, 2.05) is 13.8 Å². The minimum atomic E-state index is -2.04. The van der Waals surface area contributed by atoms with E-state index in [-0.39, 0.29) is 46.1 Å². The molecule has 0 aromatic carbocycles. The van der Waals surface area contributed by atoms with Crippen LogP contribution in [0.4, 0.5) is 0 Å². The van der Waals surface area contributed by atoms with Gasteiger partial charge in [0.05, 0.1) is 6.10 Å². The Morgan fingerprint density at radius 2 is 1.91 bits per heavy atom. The maximum Gasteiger partial charge on any atom is 0.204 e. The van der Waals surface area contributed by atoms with Crippen LogP contribution in [-0.4, -0.2) is 50.2 Å². The zero-order valence-corrected chi connectivity index (χ0v) is 22.7. The predicted octanol–water partition coefficient (Wildman–Crippen LogP) is 5.05. The molecule has 1 saturated carbocycles. The van der Waals surface area contributed by atoms with E-state index >= 15 is 0 Å². The van der Waals surface area contributed by atoms with Crippen molar-refractivity contribution >= 4 is 20.4 Å². The number of aldehydes is 1. The van der Waals surface area contributed by atoms with Gasteiger partial charge in [-0.15, -0.1) is 0 Å². The molecule has 2 aliphatic heterocycles. The topological polar surface area (TPSA) is 95.7 Å². The summed E-state index contributed by atoms with van der Waals surface area (Å²) in [5.41, 5.74) is -2.14. The monoisotopic (exact) mass is 481 g/mol. The molecular formula is C25H43NO6Si. The molecule has 1 unspecified atom stereocenters. The van der Waals surface area contributed by atoms with Gasteiger partial charge in [-0.3, -0.25) is 14.9 Å². The van der Waals surface area contributed by atoms with Crippen LogP contribution in [0.5, 0.6) is 0 Å². The van der Waals surface area contributed by atoms with E-state index in [9.17, 15) is 19.7 Å². The number of ether oxygens (including phenoxy) is 1. The molecule has 2 heterocycles. The highest BCUT2D eigenvalue weighted by atomic mass is 28.4. The molecule has 33 heavy (non-hydrogen) atoms. The summed E-state index contributed by atoms with van der Waals surface area (Å²) in [5.74, 6) is -1.22. The number of hydrogen-bond donors (Lipinski definition) is 0. The van der Waals surface area contributed by atoms with Crippen LogP contribution in [-0.2, 0) is 18.8 Å². The summed E-state index contributed by atoms with van der Waals surface area (Å²) < 4.78 is 13.4. The minimum Gasteiger partial charge on any atom is -0.416 e. The summed E-state index contributed by atoms with van der Waals surface area (Å²) >= 11 is 0. The Morgan fingerprint density at radius 1 is 1.27 bits per heavy atom. The summed E-state index contributed by atoms with van der Waals surface area (Å²) in [6.07, 6.45) is 4.06. The molecule has 0 amide bonds. The van der Waals surface area contributed by atoms with E-state index in [1.54, 1.807) is 0 Å². The second-order valence-electron chi connectivity index (χ2n) is 13.1. The average Bonchev–Trinajstić information content (AvgIpc) is 2.95. The Bertz CT molecular complexity index is 805. The van der Waals surface area contributed by atoms with Crippen LogP contribution >= 0.6 is 0 Å². The van der Waals surface area contributed by atoms with Gasteiger partial charge in [0.1, 0.15) is 11.9 Å². The molecule has 3 rings (SSSR count). The van der Waals surface area contributed by atoms with Gasteiger partial charge in [0, 0.05) is 41.1 Å². The molecule has 2 saturated heterocycles. The van der Waals surface area contributed by atoms with Crippen molar-refractivity contribution in [2.45, 2.75) is 103 Å². The van der Waals surface area contributed by atoms with E-state index in [0.29, 0.717) is 13.0 Å². The van der Waals surface area contributed by atoms with Crippen LogP contribution in [0, 0.1) is 38.7 Å². The summed E-state index contributed by atoms with van der Waals surface area (Å²) in [6.45, 7) is 17.2. The Kier molecular flexibility index (Phi) is 6.84. The van der Waals surface area contributed by atoms with Gasteiger partial charge in [-0.25, -0.2) is 0 Å². The van der Waals surface area contributed by atoms with Gasteiger partial charge in [0.2, 0.25) is 6.54 Å². The van der Waals surface area contributed by atoms with Crippen molar-refractivity contribution < 1.29 is 23.7 Å². The summed E-state index contributed by atoms with van der Waals surface area (Å²) in [7, 11) is -2.04. The second kappa shape index (κ2) is 8.52. The number of carbonyl (C=O) groups excluding carboxylic acids is 2. The van der Waals surface area contributed by atoms with Crippen molar-refractivity contribution in [1.82, 2.24) is 0 Å². The first-order chi connectivity index (χ1) is 15.0. The van der Waals surface area contributed by atoms with Crippen molar-refractivity contribution in [3.8, 4) is 0 Å². The lowest BCUT2D eigenvalue weighted by Crippen LogP contribution is -2.62. The number of rotatable bonds is 7. The van der Waals surface area contributed by atoms with E-state index in [4.69, 9.17) is 9.16 Å². The molecule has 2 bridgehead atoms. The third kappa shape index (κ3) is 4.14. The fourth-order valence-electron chi connectivity index (χ4n) is 6.63. The van der Waals surface area contributed by atoms with Crippen molar-refractivity contribution in [2.24, 2.45) is 28.6 Å². The Morgan fingerprint density at radius 3 is 2.45 bits per heavy atom. The molecule has 6 atom stereocenters. The van der Waals surface area contributed by atoms with E-state index in [1.165, 1.54) is 0 Å². The van der Waals surface area contributed by atoms with Crippen LogP contribution in [0.25, 0.3) is 0 Å².